The van der Waals surface area contributed by atoms with E-state index in [1.165, 1.54) is 18.3 Å². The van der Waals surface area contributed by atoms with Crippen molar-refractivity contribution in [2.45, 2.75) is 31.3 Å². The van der Waals surface area contributed by atoms with Crippen LogP contribution >= 0.6 is 0 Å². The highest BCUT2D eigenvalue weighted by atomic mass is 32.2. The molecular formula is C15H18N2O3S. The molecule has 0 aliphatic carbocycles. The second-order valence-electron chi connectivity index (χ2n) is 5.51. The number of benzene rings is 1. The summed E-state index contributed by atoms with van der Waals surface area (Å²) in [5, 5.41) is 0. The Balaban J connectivity index is 2.18. The first kappa shape index (κ1) is 15.3. The molecule has 0 unspecified atom stereocenters. The standard InChI is InChI=1S/C15H18N2O3S/c1-15(2,3)20-12-7-9-13(10-8-12)21(18,19)17-14-6-4-5-11-16-14/h4-11H,1-3H3,(H,16,17). The third-order valence-electron chi connectivity index (χ3n) is 2.46. The lowest BCUT2D eigenvalue weighted by Crippen LogP contribution is -2.23. The first-order valence-corrected chi connectivity index (χ1v) is 7.97. The molecule has 6 heteroatoms. The summed E-state index contributed by atoms with van der Waals surface area (Å²) in [4.78, 5) is 4.10. The Kier molecular flexibility index (Phi) is 4.18. The Bertz CT molecular complexity index is 690. The van der Waals surface area contributed by atoms with Gasteiger partial charge in [-0.25, -0.2) is 13.4 Å². The normalized spacial score (nSPS) is 12.0. The highest BCUT2D eigenvalue weighted by molar-refractivity contribution is 7.92. The van der Waals surface area contributed by atoms with E-state index in [-0.39, 0.29) is 16.3 Å². The molecule has 5 nitrogen and oxygen atoms in total. The van der Waals surface area contributed by atoms with E-state index in [0.29, 0.717) is 5.75 Å². The number of nitrogens with zero attached hydrogens (tertiary/aromatic N) is 1. The largest absolute Gasteiger partial charge is 0.488 e. The number of hydrogen-bond donors (Lipinski definition) is 1. The molecule has 1 N–H and O–H groups in total. The van der Waals surface area contributed by atoms with Crippen LogP contribution in [0.3, 0.4) is 0 Å². The first-order chi connectivity index (χ1) is 9.76. The van der Waals surface area contributed by atoms with Gasteiger partial charge in [-0.2, -0.15) is 0 Å². The Morgan fingerprint density at radius 1 is 1.05 bits per heavy atom. The predicted octanol–water partition coefficient (Wildman–Crippen LogP) is 3.06. The number of ether oxygens (including phenoxy) is 1. The Hall–Kier alpha value is -2.08. The molecule has 21 heavy (non-hydrogen) atoms. The molecule has 1 heterocycles. The minimum Gasteiger partial charge on any atom is -0.488 e. The first-order valence-electron chi connectivity index (χ1n) is 6.49. The highest BCUT2D eigenvalue weighted by Gasteiger charge is 2.16. The van der Waals surface area contributed by atoms with Crippen molar-refractivity contribution in [1.82, 2.24) is 4.98 Å². The Morgan fingerprint density at radius 3 is 2.24 bits per heavy atom. The number of rotatable bonds is 4. The maximum absolute atomic E-state index is 12.2. The maximum atomic E-state index is 12.2. The molecule has 0 spiro atoms. The fraction of sp³-hybridized carbons (Fsp3) is 0.267. The van der Waals surface area contributed by atoms with Crippen LogP contribution in [0.2, 0.25) is 0 Å². The van der Waals surface area contributed by atoms with Gasteiger partial charge < -0.3 is 4.74 Å². The van der Waals surface area contributed by atoms with Crippen LogP contribution in [0.5, 0.6) is 5.75 Å². The van der Waals surface area contributed by atoms with Crippen LogP contribution in [0.25, 0.3) is 0 Å². The van der Waals surface area contributed by atoms with Crippen LogP contribution in [0.1, 0.15) is 20.8 Å². The Morgan fingerprint density at radius 2 is 1.71 bits per heavy atom. The number of sulfonamides is 1. The van der Waals surface area contributed by atoms with Gasteiger partial charge in [0.25, 0.3) is 10.0 Å². The van der Waals surface area contributed by atoms with Crippen molar-refractivity contribution < 1.29 is 13.2 Å². The molecule has 1 aromatic heterocycles. The van der Waals surface area contributed by atoms with Crippen LogP contribution in [0, 0.1) is 0 Å². The molecule has 2 rings (SSSR count). The van der Waals surface area contributed by atoms with Gasteiger partial charge >= 0.3 is 0 Å². The Labute approximate surface area is 125 Å². The third kappa shape index (κ3) is 4.46. The molecule has 0 atom stereocenters. The van der Waals surface area contributed by atoms with Crippen molar-refractivity contribution in [1.29, 1.82) is 0 Å². The van der Waals surface area contributed by atoms with Crippen molar-refractivity contribution in [3.8, 4) is 5.75 Å². The summed E-state index contributed by atoms with van der Waals surface area (Å²) >= 11 is 0. The fourth-order valence-corrected chi connectivity index (χ4v) is 2.67. The van der Waals surface area contributed by atoms with Crippen molar-refractivity contribution in [3.05, 3.63) is 48.7 Å². The van der Waals surface area contributed by atoms with Crippen LogP contribution in [-0.2, 0) is 10.0 Å². The van der Waals surface area contributed by atoms with E-state index in [9.17, 15) is 8.42 Å². The van der Waals surface area contributed by atoms with Gasteiger partial charge in [0.05, 0.1) is 4.90 Å². The second kappa shape index (κ2) is 5.73. The molecule has 0 fully saturated rings. The zero-order chi connectivity index (χ0) is 15.5. The third-order valence-corrected chi connectivity index (χ3v) is 3.83. The van der Waals surface area contributed by atoms with Gasteiger partial charge in [-0.05, 0) is 57.2 Å². The topological polar surface area (TPSA) is 68.3 Å². The van der Waals surface area contributed by atoms with Crippen molar-refractivity contribution in [3.63, 3.8) is 0 Å². The number of pyridine rings is 1. The molecule has 0 bridgehead atoms. The van der Waals surface area contributed by atoms with Crippen LogP contribution in [-0.4, -0.2) is 19.0 Å². The minimum atomic E-state index is -3.64. The smallest absolute Gasteiger partial charge is 0.263 e. The molecule has 0 saturated heterocycles. The summed E-state index contributed by atoms with van der Waals surface area (Å²) in [5.41, 5.74) is -0.327. The molecule has 0 amide bonds. The number of aromatic nitrogens is 1. The quantitative estimate of drug-likeness (QED) is 0.942. The van der Waals surface area contributed by atoms with Gasteiger partial charge in [-0.3, -0.25) is 4.72 Å². The van der Waals surface area contributed by atoms with E-state index in [1.54, 1.807) is 30.3 Å². The van der Waals surface area contributed by atoms with Gasteiger partial charge in [0.2, 0.25) is 0 Å². The van der Waals surface area contributed by atoms with Gasteiger partial charge in [-0.15, -0.1) is 0 Å². The molecule has 112 valence electrons. The van der Waals surface area contributed by atoms with Crippen LogP contribution < -0.4 is 9.46 Å². The van der Waals surface area contributed by atoms with E-state index in [1.807, 2.05) is 20.8 Å². The molecule has 2 aromatic rings. The number of anilines is 1. The highest BCUT2D eigenvalue weighted by Crippen LogP contribution is 2.21. The molecule has 1 aromatic carbocycles. The maximum Gasteiger partial charge on any atom is 0.263 e. The zero-order valence-electron chi connectivity index (χ0n) is 12.2. The van der Waals surface area contributed by atoms with Gasteiger partial charge in [0.15, 0.2) is 0 Å². The fourth-order valence-electron chi connectivity index (χ4n) is 1.66. The molecule has 0 aliphatic heterocycles. The summed E-state index contributed by atoms with van der Waals surface area (Å²) in [6.07, 6.45) is 1.53. The SMILES string of the molecule is CC(C)(C)Oc1ccc(S(=O)(=O)Nc2ccccn2)cc1. The average molecular weight is 306 g/mol. The van der Waals surface area contributed by atoms with Crippen LogP contribution in [0.4, 0.5) is 5.82 Å². The van der Waals surface area contributed by atoms with E-state index < -0.39 is 10.0 Å². The van der Waals surface area contributed by atoms with Crippen molar-refractivity contribution in [2.75, 3.05) is 4.72 Å². The van der Waals surface area contributed by atoms with Gasteiger partial charge in [0, 0.05) is 6.20 Å². The molecule has 0 aliphatic rings. The molecular weight excluding hydrogens is 288 g/mol. The van der Waals surface area contributed by atoms with Crippen molar-refractivity contribution in [2.24, 2.45) is 0 Å². The average Bonchev–Trinajstić information content (AvgIpc) is 2.38. The van der Waals surface area contributed by atoms with Gasteiger partial charge in [-0.1, -0.05) is 6.07 Å². The summed E-state index contributed by atoms with van der Waals surface area (Å²) in [5.74, 6) is 0.909. The van der Waals surface area contributed by atoms with Gasteiger partial charge in [0.1, 0.15) is 17.2 Å². The lowest BCUT2D eigenvalue weighted by Gasteiger charge is -2.21. The summed E-state index contributed by atoms with van der Waals surface area (Å²) in [7, 11) is -3.64. The zero-order valence-corrected chi connectivity index (χ0v) is 13.0. The number of nitrogens with one attached hydrogen (secondary N) is 1. The molecule has 0 radical (unpaired) electrons. The van der Waals surface area contributed by atoms with E-state index >= 15 is 0 Å². The lowest BCUT2D eigenvalue weighted by atomic mass is 10.2. The van der Waals surface area contributed by atoms with E-state index in [2.05, 4.69) is 9.71 Å². The minimum absolute atomic E-state index is 0.161. The van der Waals surface area contributed by atoms with Crippen LogP contribution in [0.15, 0.2) is 53.6 Å². The predicted molar refractivity (Wildman–Crippen MR) is 81.9 cm³/mol. The summed E-state index contributed by atoms with van der Waals surface area (Å²) in [6.45, 7) is 5.79. The van der Waals surface area contributed by atoms with Crippen molar-refractivity contribution >= 4 is 15.8 Å². The molecule has 0 saturated carbocycles. The summed E-state index contributed by atoms with van der Waals surface area (Å²) < 4.78 is 32.5. The van der Waals surface area contributed by atoms with E-state index in [4.69, 9.17) is 4.74 Å². The second-order valence-corrected chi connectivity index (χ2v) is 7.19. The van der Waals surface area contributed by atoms with E-state index in [0.717, 1.165) is 0 Å². The number of hydrogen-bond acceptors (Lipinski definition) is 4. The lowest BCUT2D eigenvalue weighted by molar-refractivity contribution is 0.131. The summed E-state index contributed by atoms with van der Waals surface area (Å²) in [6, 6.07) is 11.3. The monoisotopic (exact) mass is 306 g/mol.